The van der Waals surface area contributed by atoms with Gasteiger partial charge in [-0.15, -0.1) is 0 Å². The van der Waals surface area contributed by atoms with Gasteiger partial charge in [-0.3, -0.25) is 4.98 Å². The van der Waals surface area contributed by atoms with E-state index in [-0.39, 0.29) is 0 Å². The highest BCUT2D eigenvalue weighted by atomic mass is 35.5. The van der Waals surface area contributed by atoms with Gasteiger partial charge in [-0.05, 0) is 56.2 Å². The molecule has 1 heterocycles. The van der Waals surface area contributed by atoms with E-state index in [9.17, 15) is 5.11 Å². The molecule has 0 aliphatic carbocycles. The van der Waals surface area contributed by atoms with E-state index in [1.807, 2.05) is 26.0 Å². The Balaban J connectivity index is 2.26. The molecule has 0 spiro atoms. The van der Waals surface area contributed by atoms with Gasteiger partial charge in [0.2, 0.25) is 0 Å². The summed E-state index contributed by atoms with van der Waals surface area (Å²) in [6.07, 6.45) is 1.03. The van der Waals surface area contributed by atoms with Crippen LogP contribution in [-0.4, -0.2) is 10.1 Å². The Morgan fingerprint density at radius 2 is 1.84 bits per heavy atom. The zero-order valence-electron chi connectivity index (χ0n) is 11.1. The summed E-state index contributed by atoms with van der Waals surface area (Å²) in [7, 11) is 0. The number of aryl methyl sites for hydroxylation is 2. The Labute approximate surface area is 117 Å². The minimum Gasteiger partial charge on any atom is -0.455 e. The SMILES string of the molecule is Cc1cc(Cl)cc(C)c1Oc1ccc(C(C)O)nc1. The smallest absolute Gasteiger partial charge is 0.145 e. The first-order chi connectivity index (χ1) is 8.97. The lowest BCUT2D eigenvalue weighted by molar-refractivity contribution is 0.194. The molecule has 0 aliphatic rings. The van der Waals surface area contributed by atoms with Crippen molar-refractivity contribution in [2.45, 2.75) is 26.9 Å². The molecule has 1 aromatic carbocycles. The van der Waals surface area contributed by atoms with Gasteiger partial charge < -0.3 is 9.84 Å². The molecule has 0 saturated carbocycles. The van der Waals surface area contributed by atoms with Gasteiger partial charge in [0.05, 0.1) is 18.0 Å². The van der Waals surface area contributed by atoms with Crippen molar-refractivity contribution in [3.63, 3.8) is 0 Å². The van der Waals surface area contributed by atoms with Crippen LogP contribution >= 0.6 is 11.6 Å². The van der Waals surface area contributed by atoms with Crippen molar-refractivity contribution < 1.29 is 9.84 Å². The van der Waals surface area contributed by atoms with Crippen molar-refractivity contribution in [2.24, 2.45) is 0 Å². The third-order valence-corrected chi connectivity index (χ3v) is 3.05. The molecule has 4 heteroatoms. The monoisotopic (exact) mass is 277 g/mol. The quantitative estimate of drug-likeness (QED) is 0.914. The van der Waals surface area contributed by atoms with E-state index >= 15 is 0 Å². The van der Waals surface area contributed by atoms with E-state index in [4.69, 9.17) is 16.3 Å². The van der Waals surface area contributed by atoms with Crippen LogP contribution in [0.25, 0.3) is 0 Å². The third kappa shape index (κ3) is 3.25. The van der Waals surface area contributed by atoms with Gasteiger partial charge in [-0.25, -0.2) is 0 Å². The first-order valence-corrected chi connectivity index (χ1v) is 6.44. The van der Waals surface area contributed by atoms with E-state index in [1.165, 1.54) is 0 Å². The number of hydrogen-bond donors (Lipinski definition) is 1. The lowest BCUT2D eigenvalue weighted by atomic mass is 10.1. The van der Waals surface area contributed by atoms with E-state index in [2.05, 4.69) is 4.98 Å². The fraction of sp³-hybridized carbons (Fsp3) is 0.267. The molecular formula is C15H16ClNO2. The molecule has 2 rings (SSSR count). The molecule has 1 unspecified atom stereocenters. The van der Waals surface area contributed by atoms with Gasteiger partial charge >= 0.3 is 0 Å². The average Bonchev–Trinajstić information content (AvgIpc) is 2.34. The summed E-state index contributed by atoms with van der Waals surface area (Å²) in [6.45, 7) is 5.58. The summed E-state index contributed by atoms with van der Waals surface area (Å²) in [5.74, 6) is 1.42. The molecule has 2 aromatic rings. The van der Waals surface area contributed by atoms with E-state index in [0.717, 1.165) is 16.9 Å². The van der Waals surface area contributed by atoms with Crippen LogP contribution in [0.3, 0.4) is 0 Å². The molecule has 0 bridgehead atoms. The molecule has 100 valence electrons. The summed E-state index contributed by atoms with van der Waals surface area (Å²) in [5.41, 5.74) is 2.58. The zero-order valence-corrected chi connectivity index (χ0v) is 11.9. The Bertz CT molecular complexity index is 556. The molecule has 0 saturated heterocycles. The number of rotatable bonds is 3. The Hall–Kier alpha value is -1.58. The first-order valence-electron chi connectivity index (χ1n) is 6.06. The van der Waals surface area contributed by atoms with Crippen LogP contribution < -0.4 is 4.74 Å². The lowest BCUT2D eigenvalue weighted by Crippen LogP contribution is -1.96. The van der Waals surface area contributed by atoms with E-state index < -0.39 is 6.10 Å². The second-order valence-corrected chi connectivity index (χ2v) is 5.00. The fourth-order valence-corrected chi connectivity index (χ4v) is 2.20. The summed E-state index contributed by atoms with van der Waals surface area (Å²) in [4.78, 5) is 4.15. The number of aromatic nitrogens is 1. The van der Waals surface area contributed by atoms with Crippen LogP contribution in [0.2, 0.25) is 5.02 Å². The van der Waals surface area contributed by atoms with Gasteiger partial charge in [-0.2, -0.15) is 0 Å². The van der Waals surface area contributed by atoms with Gasteiger partial charge in [-0.1, -0.05) is 11.6 Å². The highest BCUT2D eigenvalue weighted by Gasteiger charge is 2.08. The summed E-state index contributed by atoms with van der Waals surface area (Å²) < 4.78 is 5.83. The van der Waals surface area contributed by atoms with Gasteiger partial charge in [0.25, 0.3) is 0 Å². The number of ether oxygens (including phenoxy) is 1. The highest BCUT2D eigenvalue weighted by Crippen LogP contribution is 2.31. The second kappa shape index (κ2) is 5.59. The first kappa shape index (κ1) is 13.8. The predicted octanol–water partition coefficient (Wildman–Crippen LogP) is 4.20. The molecule has 1 N–H and O–H groups in total. The Morgan fingerprint density at radius 1 is 1.21 bits per heavy atom. The summed E-state index contributed by atoms with van der Waals surface area (Å²) in [5, 5.41) is 10.1. The van der Waals surface area contributed by atoms with Crippen LogP contribution in [0, 0.1) is 13.8 Å². The second-order valence-electron chi connectivity index (χ2n) is 4.57. The van der Waals surface area contributed by atoms with Crippen molar-refractivity contribution in [1.82, 2.24) is 4.98 Å². The Morgan fingerprint density at radius 3 is 2.32 bits per heavy atom. The number of aliphatic hydroxyl groups excluding tert-OH is 1. The molecule has 3 nitrogen and oxygen atoms in total. The predicted molar refractivity (Wildman–Crippen MR) is 75.9 cm³/mol. The number of aliphatic hydroxyl groups is 1. The normalized spacial score (nSPS) is 12.3. The maximum atomic E-state index is 9.41. The van der Waals surface area contributed by atoms with Crippen molar-refractivity contribution in [1.29, 1.82) is 0 Å². The molecule has 0 amide bonds. The van der Waals surface area contributed by atoms with Crippen molar-refractivity contribution in [3.05, 3.63) is 52.3 Å². The molecule has 0 radical (unpaired) electrons. The number of pyridine rings is 1. The number of benzene rings is 1. The minimum absolute atomic E-state index is 0.576. The Kier molecular flexibility index (Phi) is 4.08. The number of nitrogens with zero attached hydrogens (tertiary/aromatic N) is 1. The van der Waals surface area contributed by atoms with Crippen molar-refractivity contribution in [3.8, 4) is 11.5 Å². The number of halogens is 1. The molecular weight excluding hydrogens is 262 g/mol. The van der Waals surface area contributed by atoms with Crippen LogP contribution in [0.4, 0.5) is 0 Å². The van der Waals surface area contributed by atoms with E-state index in [1.54, 1.807) is 25.3 Å². The molecule has 0 aliphatic heterocycles. The standard InChI is InChI=1S/C15H16ClNO2/c1-9-6-12(16)7-10(2)15(9)19-13-4-5-14(11(3)18)17-8-13/h4-8,11,18H,1-3H3. The minimum atomic E-state index is -0.576. The average molecular weight is 278 g/mol. The lowest BCUT2D eigenvalue weighted by Gasteiger charge is -2.12. The highest BCUT2D eigenvalue weighted by molar-refractivity contribution is 6.30. The van der Waals surface area contributed by atoms with Crippen LogP contribution in [0.5, 0.6) is 11.5 Å². The van der Waals surface area contributed by atoms with Gasteiger partial charge in [0.1, 0.15) is 11.5 Å². The summed E-state index contributed by atoms with van der Waals surface area (Å²) in [6, 6.07) is 7.27. The van der Waals surface area contributed by atoms with Gasteiger partial charge in [0.15, 0.2) is 0 Å². The molecule has 19 heavy (non-hydrogen) atoms. The van der Waals surface area contributed by atoms with Crippen molar-refractivity contribution in [2.75, 3.05) is 0 Å². The van der Waals surface area contributed by atoms with Crippen LogP contribution in [-0.2, 0) is 0 Å². The largest absolute Gasteiger partial charge is 0.455 e. The molecule has 0 fully saturated rings. The van der Waals surface area contributed by atoms with Crippen LogP contribution in [0.15, 0.2) is 30.5 Å². The van der Waals surface area contributed by atoms with Gasteiger partial charge in [0, 0.05) is 5.02 Å². The maximum Gasteiger partial charge on any atom is 0.145 e. The molecule has 1 aromatic heterocycles. The third-order valence-electron chi connectivity index (χ3n) is 2.83. The number of hydrogen-bond acceptors (Lipinski definition) is 3. The summed E-state index contributed by atoms with van der Waals surface area (Å²) >= 11 is 5.99. The molecule has 1 atom stereocenters. The van der Waals surface area contributed by atoms with Crippen molar-refractivity contribution >= 4 is 11.6 Å². The maximum absolute atomic E-state index is 9.41. The van der Waals surface area contributed by atoms with Crippen LogP contribution in [0.1, 0.15) is 29.8 Å². The van der Waals surface area contributed by atoms with E-state index in [0.29, 0.717) is 16.5 Å². The zero-order chi connectivity index (χ0) is 14.0. The fourth-order valence-electron chi connectivity index (χ4n) is 1.88. The topological polar surface area (TPSA) is 42.4 Å².